The standard InChI is InChI=1S/C8H18N4O/c1-7(8(9)13)10-12-5-3-11(2)4-6-12/h7,10H,3-6H2,1-2H3,(H2,9,13). The van der Waals surface area contributed by atoms with Crippen LogP contribution in [-0.2, 0) is 4.79 Å². The predicted molar refractivity (Wildman–Crippen MR) is 50.9 cm³/mol. The molecule has 1 aliphatic heterocycles. The summed E-state index contributed by atoms with van der Waals surface area (Å²) in [6.45, 7) is 5.71. The summed E-state index contributed by atoms with van der Waals surface area (Å²) in [6.07, 6.45) is 0. The van der Waals surface area contributed by atoms with Crippen molar-refractivity contribution in [3.63, 3.8) is 0 Å². The van der Waals surface area contributed by atoms with Crippen LogP contribution in [0.1, 0.15) is 6.92 Å². The number of nitrogens with two attached hydrogens (primary N) is 1. The van der Waals surface area contributed by atoms with Gasteiger partial charge in [0.15, 0.2) is 0 Å². The summed E-state index contributed by atoms with van der Waals surface area (Å²) >= 11 is 0. The molecule has 1 heterocycles. The van der Waals surface area contributed by atoms with Gasteiger partial charge in [-0.2, -0.15) is 0 Å². The zero-order chi connectivity index (χ0) is 9.84. The highest BCUT2D eigenvalue weighted by molar-refractivity contribution is 5.79. The second-order valence-electron chi connectivity index (χ2n) is 3.54. The van der Waals surface area contributed by atoms with E-state index in [1.54, 1.807) is 6.92 Å². The molecule has 0 saturated carbocycles. The lowest BCUT2D eigenvalue weighted by Gasteiger charge is -2.33. The van der Waals surface area contributed by atoms with Gasteiger partial charge in [-0.15, -0.1) is 0 Å². The molecule has 13 heavy (non-hydrogen) atoms. The first kappa shape index (κ1) is 10.4. The van der Waals surface area contributed by atoms with Gasteiger partial charge in [0.2, 0.25) is 5.91 Å². The van der Waals surface area contributed by atoms with Gasteiger partial charge < -0.3 is 10.6 Å². The summed E-state index contributed by atoms with van der Waals surface area (Å²) in [4.78, 5) is 13.0. The van der Waals surface area contributed by atoms with E-state index in [-0.39, 0.29) is 11.9 Å². The van der Waals surface area contributed by atoms with Gasteiger partial charge in [0.05, 0.1) is 6.04 Å². The van der Waals surface area contributed by atoms with Crippen molar-refractivity contribution in [3.05, 3.63) is 0 Å². The number of primary amides is 1. The number of hydrogen-bond donors (Lipinski definition) is 2. The SMILES string of the molecule is CC(NN1CCN(C)CC1)C(N)=O. The molecular formula is C8H18N4O. The molecule has 0 aromatic heterocycles. The lowest BCUT2D eigenvalue weighted by molar-refractivity contribution is -0.121. The number of hydrogen-bond acceptors (Lipinski definition) is 4. The van der Waals surface area contributed by atoms with E-state index in [1.807, 2.05) is 0 Å². The number of nitrogens with one attached hydrogen (secondary N) is 1. The Morgan fingerprint density at radius 3 is 2.38 bits per heavy atom. The highest BCUT2D eigenvalue weighted by Crippen LogP contribution is 1.96. The third-order valence-electron chi connectivity index (χ3n) is 2.31. The second-order valence-corrected chi connectivity index (χ2v) is 3.54. The predicted octanol–water partition coefficient (Wildman–Crippen LogP) is -1.39. The molecule has 76 valence electrons. The van der Waals surface area contributed by atoms with E-state index in [2.05, 4.69) is 22.4 Å². The van der Waals surface area contributed by atoms with Crippen LogP contribution in [0.4, 0.5) is 0 Å². The smallest absolute Gasteiger partial charge is 0.235 e. The molecule has 0 aromatic rings. The first-order valence-electron chi connectivity index (χ1n) is 4.58. The largest absolute Gasteiger partial charge is 0.368 e. The zero-order valence-electron chi connectivity index (χ0n) is 8.29. The molecule has 3 N–H and O–H groups in total. The number of carbonyl (C=O) groups is 1. The Morgan fingerprint density at radius 2 is 1.92 bits per heavy atom. The maximum absolute atomic E-state index is 10.8. The topological polar surface area (TPSA) is 61.6 Å². The normalized spacial score (nSPS) is 22.9. The summed E-state index contributed by atoms with van der Waals surface area (Å²) in [5, 5.41) is 2.05. The van der Waals surface area contributed by atoms with E-state index in [1.165, 1.54) is 0 Å². The maximum atomic E-state index is 10.8. The molecule has 0 bridgehead atoms. The van der Waals surface area contributed by atoms with Crippen LogP contribution in [0.5, 0.6) is 0 Å². The van der Waals surface area contributed by atoms with E-state index < -0.39 is 0 Å². The molecule has 0 aromatic carbocycles. The molecule has 5 heteroatoms. The number of amides is 1. The van der Waals surface area contributed by atoms with Gasteiger partial charge in [-0.25, -0.2) is 10.4 Å². The number of likely N-dealkylation sites (N-methyl/N-ethyl adjacent to an activating group) is 1. The fraction of sp³-hybridized carbons (Fsp3) is 0.875. The molecule has 1 amide bonds. The van der Waals surface area contributed by atoms with E-state index in [0.29, 0.717) is 0 Å². The first-order chi connectivity index (χ1) is 6.09. The minimum absolute atomic E-state index is 0.275. The van der Waals surface area contributed by atoms with Gasteiger partial charge in [-0.05, 0) is 14.0 Å². The van der Waals surface area contributed by atoms with Gasteiger partial charge in [0, 0.05) is 26.2 Å². The van der Waals surface area contributed by atoms with Crippen molar-refractivity contribution in [1.29, 1.82) is 0 Å². The number of hydrazine groups is 1. The number of rotatable bonds is 3. The molecule has 5 nitrogen and oxygen atoms in total. The zero-order valence-corrected chi connectivity index (χ0v) is 8.29. The maximum Gasteiger partial charge on any atom is 0.235 e. The summed E-state index contributed by atoms with van der Waals surface area (Å²) in [5.41, 5.74) is 8.21. The minimum atomic E-state index is -0.307. The summed E-state index contributed by atoms with van der Waals surface area (Å²) in [7, 11) is 2.09. The Labute approximate surface area is 78.8 Å². The van der Waals surface area contributed by atoms with Crippen molar-refractivity contribution in [1.82, 2.24) is 15.3 Å². The first-order valence-corrected chi connectivity index (χ1v) is 4.58. The van der Waals surface area contributed by atoms with Gasteiger partial charge in [-0.3, -0.25) is 4.79 Å². The number of carbonyl (C=O) groups excluding carboxylic acids is 1. The van der Waals surface area contributed by atoms with Crippen molar-refractivity contribution in [2.75, 3.05) is 33.2 Å². The van der Waals surface area contributed by atoms with Crippen molar-refractivity contribution in [3.8, 4) is 0 Å². The Hall–Kier alpha value is -0.650. The van der Waals surface area contributed by atoms with E-state index in [9.17, 15) is 4.79 Å². The molecule has 1 rings (SSSR count). The molecule has 1 atom stereocenters. The van der Waals surface area contributed by atoms with Crippen LogP contribution in [0, 0.1) is 0 Å². The lowest BCUT2D eigenvalue weighted by atomic mass is 10.3. The van der Waals surface area contributed by atoms with Crippen LogP contribution in [0.3, 0.4) is 0 Å². The van der Waals surface area contributed by atoms with E-state index in [0.717, 1.165) is 26.2 Å². The summed E-state index contributed by atoms with van der Waals surface area (Å²) < 4.78 is 0. The van der Waals surface area contributed by atoms with Crippen molar-refractivity contribution >= 4 is 5.91 Å². The van der Waals surface area contributed by atoms with E-state index >= 15 is 0 Å². The Balaban J connectivity index is 2.26. The Bertz CT molecular complexity index is 177. The fourth-order valence-corrected chi connectivity index (χ4v) is 1.27. The van der Waals surface area contributed by atoms with Crippen LogP contribution in [0.2, 0.25) is 0 Å². The van der Waals surface area contributed by atoms with Gasteiger partial charge >= 0.3 is 0 Å². The molecule has 1 saturated heterocycles. The van der Waals surface area contributed by atoms with Crippen LogP contribution < -0.4 is 11.2 Å². The van der Waals surface area contributed by atoms with Crippen LogP contribution in [0.15, 0.2) is 0 Å². The van der Waals surface area contributed by atoms with Gasteiger partial charge in [0.25, 0.3) is 0 Å². The highest BCUT2D eigenvalue weighted by atomic mass is 16.1. The summed E-state index contributed by atoms with van der Waals surface area (Å²) in [5.74, 6) is -0.307. The highest BCUT2D eigenvalue weighted by Gasteiger charge is 2.17. The lowest BCUT2D eigenvalue weighted by Crippen LogP contribution is -2.55. The van der Waals surface area contributed by atoms with Crippen molar-refractivity contribution in [2.24, 2.45) is 5.73 Å². The van der Waals surface area contributed by atoms with Gasteiger partial charge in [-0.1, -0.05) is 0 Å². The average Bonchev–Trinajstić information content (AvgIpc) is 2.08. The molecule has 1 fully saturated rings. The monoisotopic (exact) mass is 186 g/mol. The number of piperazine rings is 1. The van der Waals surface area contributed by atoms with Crippen molar-refractivity contribution in [2.45, 2.75) is 13.0 Å². The van der Waals surface area contributed by atoms with Crippen LogP contribution in [0.25, 0.3) is 0 Å². The van der Waals surface area contributed by atoms with Crippen LogP contribution in [-0.4, -0.2) is 55.1 Å². The quantitative estimate of drug-likeness (QED) is 0.570. The molecule has 0 spiro atoms. The number of nitrogens with zero attached hydrogens (tertiary/aromatic N) is 2. The van der Waals surface area contributed by atoms with Gasteiger partial charge in [0.1, 0.15) is 0 Å². The molecule has 1 aliphatic rings. The Kier molecular flexibility index (Phi) is 3.65. The average molecular weight is 186 g/mol. The molecule has 0 radical (unpaired) electrons. The van der Waals surface area contributed by atoms with E-state index in [4.69, 9.17) is 5.73 Å². The third kappa shape index (κ3) is 3.30. The Morgan fingerprint density at radius 1 is 1.38 bits per heavy atom. The molecule has 0 aliphatic carbocycles. The summed E-state index contributed by atoms with van der Waals surface area (Å²) in [6, 6.07) is -0.275. The minimum Gasteiger partial charge on any atom is -0.368 e. The third-order valence-corrected chi connectivity index (χ3v) is 2.31. The fourth-order valence-electron chi connectivity index (χ4n) is 1.27. The molecular weight excluding hydrogens is 168 g/mol. The van der Waals surface area contributed by atoms with Crippen molar-refractivity contribution < 1.29 is 4.79 Å². The second kappa shape index (κ2) is 4.55. The van der Waals surface area contributed by atoms with Crippen LogP contribution >= 0.6 is 0 Å². The molecule has 1 unspecified atom stereocenters.